The van der Waals surface area contributed by atoms with Gasteiger partial charge < -0.3 is 190 Å². The van der Waals surface area contributed by atoms with E-state index >= 15 is 0 Å². The summed E-state index contributed by atoms with van der Waals surface area (Å²) in [5, 5.41) is 238. The molecule has 0 aromatic carbocycles. The monoisotopic (exact) mass is 1400 g/mol. The number of aliphatic hydroxyl groups excluding tert-OH is 20. The van der Waals surface area contributed by atoms with E-state index in [1.807, 2.05) is 0 Å². The average Bonchev–Trinajstić information content (AvgIpc) is 0.761. The fourth-order valence-corrected chi connectivity index (χ4v) is 12.2. The maximum Gasteiger partial charge on any atom is 0.364 e. The third-order valence-corrected chi connectivity index (χ3v) is 17.1. The fraction of sp³-hybridized carbons (Fsp3) is 0.906. The summed E-state index contributed by atoms with van der Waals surface area (Å²) < 4.78 is 75.6. The van der Waals surface area contributed by atoms with E-state index in [2.05, 4.69) is 21.3 Å². The van der Waals surface area contributed by atoms with Gasteiger partial charge in [0.15, 0.2) is 37.7 Å². The summed E-state index contributed by atoms with van der Waals surface area (Å²) >= 11 is 0. The molecule has 7 fully saturated rings. The van der Waals surface area contributed by atoms with Gasteiger partial charge in [0.1, 0.15) is 165 Å². The smallest absolute Gasteiger partial charge is 0.364 e. The van der Waals surface area contributed by atoms with Crippen molar-refractivity contribution >= 4 is 29.6 Å². The van der Waals surface area contributed by atoms with Crippen molar-refractivity contribution in [3.05, 3.63) is 0 Å². The Morgan fingerprint density at radius 1 is 0.427 bits per heavy atom. The molecule has 0 aliphatic carbocycles. The standard InChI is InChI=1S/C53H88N4O39/c1-13(64)54-25-17(68)5-53(52(82)83,95-44(25)29(70)18(69)6-58)96-45-32(73)21(9-61)87-51(39(45)80)94-43-28(57-16(4)67)48(93-42-27(56-15(3)66)46(81)85-20(8-60)31(42)72)90-24(33(43)74)12-84-47-26(55-14(2)65)34(75)40(22(10-62)88-47)91-50-38(79)36(77)41(23(11-63)89-50)92-49-37(78)35(76)30(71)19(7-59)86-49/h17-51,58-63,68-81H,5-12H2,1-4H3,(H,54,64)(H,55,65)(H,56,66)(H,57,67)(H,82,83)/t17-,18+,19+,20+,21+,22+,23+,24+,25+,26+,27+,28+,29+,30-,31-,32-,33-,34+,35-,36+,37+,38+,39+,40+,41-,42+,43+,44+,45-,46-,47+,48+,49-,50-,51-,53-/m0/s1. The highest BCUT2D eigenvalue weighted by atomic mass is 16.8. The minimum Gasteiger partial charge on any atom is -0.477 e. The zero-order valence-corrected chi connectivity index (χ0v) is 51.6. The molecule has 0 aromatic heterocycles. The number of amides is 4. The van der Waals surface area contributed by atoms with Crippen LogP contribution < -0.4 is 21.3 Å². The Kier molecular flexibility index (Phi) is 28.2. The first kappa shape index (κ1) is 79.4. The van der Waals surface area contributed by atoms with E-state index in [0.717, 1.165) is 27.7 Å². The molecular weight excluding hydrogens is 1320 g/mol. The number of carbonyl (C=O) groups is 5. The van der Waals surface area contributed by atoms with Crippen LogP contribution in [0.2, 0.25) is 0 Å². The zero-order valence-electron chi connectivity index (χ0n) is 51.6. The number of carboxylic acid groups (broad SMARTS) is 1. The molecule has 43 nitrogen and oxygen atoms in total. The lowest BCUT2D eigenvalue weighted by molar-refractivity contribution is -0.386. The second kappa shape index (κ2) is 34.1. The number of aliphatic hydroxyl groups is 20. The van der Waals surface area contributed by atoms with Crippen molar-refractivity contribution < 1.29 is 193 Å². The van der Waals surface area contributed by atoms with E-state index in [1.54, 1.807) is 0 Å². The predicted molar refractivity (Wildman–Crippen MR) is 295 cm³/mol. The molecule has 0 unspecified atom stereocenters. The van der Waals surface area contributed by atoms with Crippen LogP contribution in [0, 0.1) is 0 Å². The predicted octanol–water partition coefficient (Wildman–Crippen LogP) is -16.5. The van der Waals surface area contributed by atoms with Crippen LogP contribution in [0.1, 0.15) is 34.1 Å². The Bertz CT molecular complexity index is 2540. The minimum atomic E-state index is -3.31. The Morgan fingerprint density at radius 2 is 0.833 bits per heavy atom. The second-order valence-corrected chi connectivity index (χ2v) is 24.0. The molecule has 7 saturated heterocycles. The first-order valence-electron chi connectivity index (χ1n) is 30.2. The van der Waals surface area contributed by atoms with Gasteiger partial charge in [-0.2, -0.15) is 0 Å². The summed E-state index contributed by atoms with van der Waals surface area (Å²) in [5.41, 5.74) is 0. The van der Waals surface area contributed by atoms with E-state index in [4.69, 9.17) is 61.6 Å². The van der Waals surface area contributed by atoms with Gasteiger partial charge in [-0.25, -0.2) is 4.79 Å². The highest BCUT2D eigenvalue weighted by Crippen LogP contribution is 2.40. The molecule has 0 saturated carbocycles. The van der Waals surface area contributed by atoms with E-state index in [1.165, 1.54) is 0 Å². The highest BCUT2D eigenvalue weighted by molar-refractivity contribution is 5.77. The quantitative estimate of drug-likeness (QED) is 0.0382. The molecule has 0 radical (unpaired) electrons. The molecule has 0 spiro atoms. The van der Waals surface area contributed by atoms with Crippen LogP contribution in [-0.2, 0) is 85.6 Å². The second-order valence-electron chi connectivity index (χ2n) is 24.0. The first-order valence-corrected chi connectivity index (χ1v) is 30.2. The number of carboxylic acids is 1. The van der Waals surface area contributed by atoms with Gasteiger partial charge in [-0.15, -0.1) is 0 Å². The van der Waals surface area contributed by atoms with Gasteiger partial charge >= 0.3 is 5.97 Å². The number of ether oxygens (including phenoxy) is 13. The Balaban J connectivity index is 1.20. The summed E-state index contributed by atoms with van der Waals surface area (Å²) in [6, 6.07) is -7.37. The topological polar surface area (TPSA) is 678 Å². The van der Waals surface area contributed by atoms with Gasteiger partial charge in [0.2, 0.25) is 23.6 Å². The molecule has 25 N–H and O–H groups in total. The number of nitrogens with one attached hydrogen (secondary N) is 4. The molecule has 7 heterocycles. The van der Waals surface area contributed by atoms with Crippen molar-refractivity contribution in [2.24, 2.45) is 0 Å². The van der Waals surface area contributed by atoms with Crippen molar-refractivity contribution in [3.63, 3.8) is 0 Å². The Hall–Kier alpha value is -3.97. The van der Waals surface area contributed by atoms with Gasteiger partial charge in [-0.05, 0) is 0 Å². The molecule has 0 bridgehead atoms. The normalized spacial score (nSPS) is 46.0. The van der Waals surface area contributed by atoms with Gasteiger partial charge in [-0.1, -0.05) is 0 Å². The molecule has 7 aliphatic rings. The SMILES string of the molecule is CC(=O)N[C@@H]1[C@@H](O[C@H]2O[C@H](CO[C@@H]3O[C@H](CO)[C@@H](O[C@@H]4O[C@H](CO)[C@H](O[C@@H]5O[C@H](CO)[C@H](O)[C@H](O)[C@H]5O)[C@H](O)[C@H]4O)[C@H](O)[C@H]3NC(C)=O)[C@H](O)[C@H](O[C@@H]3O[C@H](CO)[C@H](O)[C@H](O[C@]4(C(=O)O)C[C@H](O)[C@@H](NC(C)=O)[C@H]([C@H](O)[C@H](O)CO)O4)[C@H]3O)[C@H]2NC(C)=O)[C@@H](O)[C@@H](CO)O[C@@H]1O. The molecule has 7 aliphatic heterocycles. The lowest BCUT2D eigenvalue weighted by Crippen LogP contribution is -2.72. The maximum atomic E-state index is 13.3. The molecular formula is C53H88N4O39. The largest absolute Gasteiger partial charge is 0.477 e. The molecule has 36 atom stereocenters. The minimum absolute atomic E-state index is 0.864. The van der Waals surface area contributed by atoms with Gasteiger partial charge in [0.25, 0.3) is 5.79 Å². The van der Waals surface area contributed by atoms with E-state index < -0.39 is 303 Å². The molecule has 0 aromatic rings. The maximum absolute atomic E-state index is 13.3. The van der Waals surface area contributed by atoms with Crippen LogP contribution >= 0.6 is 0 Å². The Labute approximate surface area is 543 Å². The molecule has 554 valence electrons. The first-order chi connectivity index (χ1) is 45.2. The lowest BCUT2D eigenvalue weighted by atomic mass is 9.88. The average molecular weight is 1410 g/mol. The van der Waals surface area contributed by atoms with Gasteiger partial charge in [-0.3, -0.25) is 19.2 Å². The molecule has 7 rings (SSSR count). The summed E-state index contributed by atoms with van der Waals surface area (Å²) in [5.74, 6) is -9.10. The van der Waals surface area contributed by atoms with E-state index in [9.17, 15) is 131 Å². The summed E-state index contributed by atoms with van der Waals surface area (Å²) in [6.45, 7) is -3.73. The van der Waals surface area contributed by atoms with Crippen molar-refractivity contribution in [2.45, 2.75) is 254 Å². The van der Waals surface area contributed by atoms with Crippen molar-refractivity contribution in [3.8, 4) is 0 Å². The molecule has 96 heavy (non-hydrogen) atoms. The highest BCUT2D eigenvalue weighted by Gasteiger charge is 2.62. The van der Waals surface area contributed by atoms with Crippen LogP contribution in [-0.4, -0.2) is 403 Å². The van der Waals surface area contributed by atoms with Crippen LogP contribution in [0.25, 0.3) is 0 Å². The fourth-order valence-electron chi connectivity index (χ4n) is 12.2. The number of carbonyl (C=O) groups excluding carboxylic acids is 4. The number of hydrogen-bond donors (Lipinski definition) is 25. The zero-order chi connectivity index (χ0) is 71.3. The van der Waals surface area contributed by atoms with Crippen molar-refractivity contribution in [2.75, 3.05) is 46.2 Å². The van der Waals surface area contributed by atoms with Gasteiger partial charge in [0.05, 0.1) is 58.4 Å². The summed E-state index contributed by atoms with van der Waals surface area (Å²) in [7, 11) is 0. The molecule has 43 heteroatoms. The third-order valence-electron chi connectivity index (χ3n) is 17.1. The molecule has 4 amide bonds. The third kappa shape index (κ3) is 17.5. The van der Waals surface area contributed by atoms with Gasteiger partial charge in [0, 0.05) is 34.1 Å². The summed E-state index contributed by atoms with van der Waals surface area (Å²) in [6.07, 6.45) is -65.3. The summed E-state index contributed by atoms with van der Waals surface area (Å²) in [4.78, 5) is 64.1. The Morgan fingerprint density at radius 3 is 1.36 bits per heavy atom. The van der Waals surface area contributed by atoms with E-state index in [0.29, 0.717) is 0 Å². The van der Waals surface area contributed by atoms with Crippen LogP contribution in [0.5, 0.6) is 0 Å². The lowest BCUT2D eigenvalue weighted by Gasteiger charge is -2.51. The van der Waals surface area contributed by atoms with E-state index in [-0.39, 0.29) is 0 Å². The van der Waals surface area contributed by atoms with Crippen molar-refractivity contribution in [1.82, 2.24) is 21.3 Å². The van der Waals surface area contributed by atoms with Crippen LogP contribution in [0.15, 0.2) is 0 Å². The van der Waals surface area contributed by atoms with Crippen LogP contribution in [0.3, 0.4) is 0 Å². The number of rotatable bonds is 26. The number of hydrogen-bond acceptors (Lipinski definition) is 38. The van der Waals surface area contributed by atoms with Crippen molar-refractivity contribution in [1.29, 1.82) is 0 Å². The van der Waals surface area contributed by atoms with Crippen LogP contribution in [0.4, 0.5) is 0 Å². The number of aliphatic carboxylic acids is 1.